The van der Waals surface area contributed by atoms with Crippen molar-refractivity contribution in [3.05, 3.63) is 35.4 Å². The lowest BCUT2D eigenvalue weighted by Crippen LogP contribution is -2.33. The Labute approximate surface area is 119 Å². The summed E-state index contributed by atoms with van der Waals surface area (Å²) in [6.45, 7) is 1.46. The number of carbonyl (C=O) groups excluding carboxylic acids is 1. The van der Waals surface area contributed by atoms with Crippen molar-refractivity contribution in [1.29, 1.82) is 0 Å². The summed E-state index contributed by atoms with van der Waals surface area (Å²) in [4.78, 5) is 14.5. The predicted molar refractivity (Wildman–Crippen MR) is 80.8 cm³/mol. The summed E-state index contributed by atoms with van der Waals surface area (Å²) in [7, 11) is 0. The maximum Gasteiger partial charge on any atom is 0.222 e. The summed E-state index contributed by atoms with van der Waals surface area (Å²) in [6.07, 6.45) is 5.13. The van der Waals surface area contributed by atoms with Gasteiger partial charge in [-0.15, -0.1) is 0 Å². The van der Waals surface area contributed by atoms with Crippen LogP contribution in [0, 0.1) is 0 Å². The molecule has 0 aliphatic carbocycles. The van der Waals surface area contributed by atoms with Crippen molar-refractivity contribution in [3.8, 4) is 0 Å². The molecule has 19 heavy (non-hydrogen) atoms. The molecule has 1 amide bonds. The van der Waals surface area contributed by atoms with Gasteiger partial charge in [-0.25, -0.2) is 0 Å². The van der Waals surface area contributed by atoms with Gasteiger partial charge in [-0.05, 0) is 18.4 Å². The van der Waals surface area contributed by atoms with E-state index in [1.165, 1.54) is 12.8 Å². The molecule has 102 valence electrons. The van der Waals surface area contributed by atoms with E-state index in [2.05, 4.69) is 0 Å². The Morgan fingerprint density at radius 3 is 2.74 bits per heavy atom. The van der Waals surface area contributed by atoms with Crippen molar-refractivity contribution in [2.75, 3.05) is 6.54 Å². The molecule has 1 heterocycles. The van der Waals surface area contributed by atoms with E-state index in [0.717, 1.165) is 30.5 Å². The molecule has 2 N–H and O–H groups in total. The van der Waals surface area contributed by atoms with Crippen LogP contribution in [0.4, 0.5) is 0 Å². The quantitative estimate of drug-likeness (QED) is 0.863. The highest BCUT2D eigenvalue weighted by Crippen LogP contribution is 2.17. The Kier molecular flexibility index (Phi) is 4.91. The summed E-state index contributed by atoms with van der Waals surface area (Å²) in [5, 5.41) is 0. The van der Waals surface area contributed by atoms with Gasteiger partial charge >= 0.3 is 0 Å². The largest absolute Gasteiger partial charge is 0.389 e. The highest BCUT2D eigenvalue weighted by Gasteiger charge is 2.17. The van der Waals surface area contributed by atoms with Crippen LogP contribution >= 0.6 is 12.2 Å². The Hall–Kier alpha value is -1.42. The van der Waals surface area contributed by atoms with Gasteiger partial charge in [-0.2, -0.15) is 0 Å². The first kappa shape index (κ1) is 14.0. The van der Waals surface area contributed by atoms with Gasteiger partial charge in [0.25, 0.3) is 0 Å². The lowest BCUT2D eigenvalue weighted by atomic mass is 10.0. The molecule has 1 fully saturated rings. The van der Waals surface area contributed by atoms with Gasteiger partial charge in [-0.3, -0.25) is 4.79 Å². The van der Waals surface area contributed by atoms with Crippen LogP contribution in [0.25, 0.3) is 0 Å². The van der Waals surface area contributed by atoms with Crippen LogP contribution in [0.5, 0.6) is 0 Å². The molecule has 1 aliphatic heterocycles. The molecular weight excluding hydrogens is 256 g/mol. The van der Waals surface area contributed by atoms with E-state index in [4.69, 9.17) is 18.0 Å². The summed E-state index contributed by atoms with van der Waals surface area (Å²) >= 11 is 5.07. The second-order valence-electron chi connectivity index (χ2n) is 5.00. The second kappa shape index (κ2) is 6.66. The van der Waals surface area contributed by atoms with Crippen LogP contribution in [-0.4, -0.2) is 22.3 Å². The van der Waals surface area contributed by atoms with Crippen LogP contribution in [-0.2, 0) is 11.3 Å². The SMILES string of the molecule is NC(=S)c1ccccc1CN1CCCCCCC1=O. The average molecular weight is 276 g/mol. The minimum atomic E-state index is 0.248. The molecule has 0 saturated carbocycles. The Bertz CT molecular complexity index is 473. The van der Waals surface area contributed by atoms with E-state index in [0.29, 0.717) is 18.0 Å². The average Bonchev–Trinajstić information content (AvgIpc) is 2.39. The molecule has 0 radical (unpaired) electrons. The number of rotatable bonds is 3. The first-order valence-corrected chi connectivity index (χ1v) is 7.25. The molecule has 3 nitrogen and oxygen atoms in total. The van der Waals surface area contributed by atoms with E-state index in [1.54, 1.807) is 0 Å². The van der Waals surface area contributed by atoms with Gasteiger partial charge in [-0.1, -0.05) is 49.3 Å². The molecule has 1 aromatic carbocycles. The van der Waals surface area contributed by atoms with E-state index in [1.807, 2.05) is 29.2 Å². The van der Waals surface area contributed by atoms with Crippen molar-refractivity contribution < 1.29 is 4.79 Å². The first-order valence-electron chi connectivity index (χ1n) is 6.84. The molecule has 0 unspecified atom stereocenters. The Balaban J connectivity index is 2.14. The normalized spacial score (nSPS) is 16.8. The van der Waals surface area contributed by atoms with Gasteiger partial charge in [0.05, 0.1) is 0 Å². The van der Waals surface area contributed by atoms with E-state index >= 15 is 0 Å². The zero-order valence-electron chi connectivity index (χ0n) is 11.1. The number of hydrogen-bond donors (Lipinski definition) is 1. The summed E-state index contributed by atoms with van der Waals surface area (Å²) in [5.41, 5.74) is 7.67. The van der Waals surface area contributed by atoms with Gasteiger partial charge < -0.3 is 10.6 Å². The van der Waals surface area contributed by atoms with Crippen LogP contribution in [0.1, 0.15) is 43.2 Å². The number of likely N-dealkylation sites (tertiary alicyclic amines) is 1. The number of benzene rings is 1. The lowest BCUT2D eigenvalue weighted by molar-refractivity contribution is -0.132. The van der Waals surface area contributed by atoms with E-state index in [9.17, 15) is 4.79 Å². The molecular formula is C15H20N2OS. The van der Waals surface area contributed by atoms with Gasteiger partial charge in [0.2, 0.25) is 5.91 Å². The molecule has 2 rings (SSSR count). The number of nitrogens with two attached hydrogens (primary N) is 1. The fourth-order valence-electron chi connectivity index (χ4n) is 2.49. The summed E-state index contributed by atoms with van der Waals surface area (Å²) in [5.74, 6) is 0.248. The fourth-order valence-corrected chi connectivity index (χ4v) is 2.69. The van der Waals surface area contributed by atoms with Crippen LogP contribution in [0.2, 0.25) is 0 Å². The predicted octanol–water partition coefficient (Wildman–Crippen LogP) is 2.61. The second-order valence-corrected chi connectivity index (χ2v) is 5.44. The topological polar surface area (TPSA) is 46.3 Å². The monoisotopic (exact) mass is 276 g/mol. The standard InChI is InChI=1S/C15H20N2OS/c16-15(19)13-8-5-4-7-12(13)11-17-10-6-2-1-3-9-14(17)18/h4-5,7-8H,1-3,6,9-11H2,(H2,16,19). The Morgan fingerprint density at radius 1 is 1.21 bits per heavy atom. The number of nitrogens with zero attached hydrogens (tertiary/aromatic N) is 1. The van der Waals surface area contributed by atoms with Crippen molar-refractivity contribution >= 4 is 23.1 Å². The molecule has 0 bridgehead atoms. The number of carbonyl (C=O) groups is 1. The summed E-state index contributed by atoms with van der Waals surface area (Å²) < 4.78 is 0. The molecule has 1 saturated heterocycles. The van der Waals surface area contributed by atoms with Gasteiger partial charge in [0.15, 0.2) is 0 Å². The molecule has 0 aromatic heterocycles. The molecule has 1 aliphatic rings. The van der Waals surface area contributed by atoms with Crippen LogP contribution < -0.4 is 5.73 Å². The first-order chi connectivity index (χ1) is 9.18. The van der Waals surface area contributed by atoms with Crippen molar-refractivity contribution in [3.63, 3.8) is 0 Å². The van der Waals surface area contributed by atoms with Crippen molar-refractivity contribution in [2.45, 2.75) is 38.6 Å². The minimum absolute atomic E-state index is 0.248. The lowest BCUT2D eigenvalue weighted by Gasteiger charge is -2.25. The summed E-state index contributed by atoms with van der Waals surface area (Å²) in [6, 6.07) is 7.81. The van der Waals surface area contributed by atoms with Crippen LogP contribution in [0.3, 0.4) is 0 Å². The third-order valence-corrected chi connectivity index (χ3v) is 3.79. The molecule has 1 aromatic rings. The van der Waals surface area contributed by atoms with Gasteiger partial charge in [0, 0.05) is 25.1 Å². The molecule has 0 atom stereocenters. The number of thiocarbonyl (C=S) groups is 1. The van der Waals surface area contributed by atoms with Crippen LogP contribution in [0.15, 0.2) is 24.3 Å². The maximum absolute atomic E-state index is 12.1. The zero-order valence-corrected chi connectivity index (χ0v) is 11.9. The third-order valence-electron chi connectivity index (χ3n) is 3.57. The number of amides is 1. The highest BCUT2D eigenvalue weighted by molar-refractivity contribution is 7.80. The van der Waals surface area contributed by atoms with Gasteiger partial charge in [0.1, 0.15) is 4.99 Å². The smallest absolute Gasteiger partial charge is 0.222 e. The fraction of sp³-hybridized carbons (Fsp3) is 0.467. The molecule has 4 heteroatoms. The number of hydrogen-bond acceptors (Lipinski definition) is 2. The zero-order chi connectivity index (χ0) is 13.7. The minimum Gasteiger partial charge on any atom is -0.389 e. The van der Waals surface area contributed by atoms with Crippen molar-refractivity contribution in [2.24, 2.45) is 5.73 Å². The Morgan fingerprint density at radius 2 is 1.95 bits per heavy atom. The molecule has 0 spiro atoms. The van der Waals surface area contributed by atoms with Crippen molar-refractivity contribution in [1.82, 2.24) is 4.90 Å². The highest BCUT2D eigenvalue weighted by atomic mass is 32.1. The van der Waals surface area contributed by atoms with E-state index < -0.39 is 0 Å². The van der Waals surface area contributed by atoms with E-state index in [-0.39, 0.29) is 5.91 Å². The maximum atomic E-state index is 12.1. The third kappa shape index (κ3) is 3.77.